The number of hydrogen-bond donors (Lipinski definition) is 2. The van der Waals surface area contributed by atoms with Gasteiger partial charge in [-0.15, -0.1) is 11.3 Å². The Morgan fingerprint density at radius 2 is 2.20 bits per heavy atom. The first kappa shape index (κ1) is 16.4. The quantitative estimate of drug-likeness (QED) is 0.775. The largest absolute Gasteiger partial charge is 0.391 e. The number of hydrogen-bond acceptors (Lipinski definition) is 6. The molecule has 2 rings (SSSR count). The summed E-state index contributed by atoms with van der Waals surface area (Å²) >= 11 is 4.28. The zero-order chi connectivity index (χ0) is 15.0. The van der Waals surface area contributed by atoms with E-state index in [9.17, 15) is 16.8 Å². The van der Waals surface area contributed by atoms with Gasteiger partial charge < -0.3 is 5.11 Å². The molecule has 2 heterocycles. The molecule has 0 spiro atoms. The third kappa shape index (κ3) is 3.80. The molecule has 114 valence electrons. The topological polar surface area (TPSA) is 101 Å². The molecule has 0 bridgehead atoms. The van der Waals surface area contributed by atoms with E-state index in [1.54, 1.807) is 0 Å². The Kier molecular flexibility index (Phi) is 4.92. The van der Waals surface area contributed by atoms with Crippen LogP contribution in [-0.4, -0.2) is 39.5 Å². The number of halogens is 1. The second-order valence-electron chi connectivity index (χ2n) is 4.58. The van der Waals surface area contributed by atoms with Gasteiger partial charge in [-0.25, -0.2) is 21.6 Å². The highest BCUT2D eigenvalue weighted by Crippen LogP contribution is 2.32. The molecule has 1 aliphatic heterocycles. The molecule has 0 saturated carbocycles. The predicted molar refractivity (Wildman–Crippen MR) is 79.9 cm³/mol. The van der Waals surface area contributed by atoms with Crippen LogP contribution < -0.4 is 4.72 Å². The fourth-order valence-corrected chi connectivity index (χ4v) is 7.61. The number of aliphatic hydroxyl groups excluding tert-OH is 1. The maximum atomic E-state index is 12.3. The van der Waals surface area contributed by atoms with E-state index >= 15 is 0 Å². The molecule has 1 aromatic rings. The molecule has 1 atom stereocenters. The second kappa shape index (κ2) is 6.01. The van der Waals surface area contributed by atoms with E-state index in [4.69, 9.17) is 5.11 Å². The Labute approximate surface area is 130 Å². The lowest BCUT2D eigenvalue weighted by Gasteiger charge is -2.22. The van der Waals surface area contributed by atoms with Crippen LogP contribution in [0.4, 0.5) is 0 Å². The molecular weight excluding hydrogens is 390 g/mol. The van der Waals surface area contributed by atoms with E-state index in [0.717, 1.165) is 11.3 Å². The number of nitrogens with one attached hydrogen (secondary N) is 1. The summed E-state index contributed by atoms with van der Waals surface area (Å²) in [6.07, 6.45) is 0.968. The molecule has 1 fully saturated rings. The Balaban J connectivity index is 2.20. The van der Waals surface area contributed by atoms with Crippen LogP contribution in [0, 0.1) is 0 Å². The second-order valence-corrected chi connectivity index (χ2v) is 10.9. The molecule has 1 aliphatic rings. The van der Waals surface area contributed by atoms with Gasteiger partial charge in [0.05, 0.1) is 21.9 Å². The number of thiophene rings is 1. The van der Waals surface area contributed by atoms with Crippen molar-refractivity contribution in [2.45, 2.75) is 30.4 Å². The predicted octanol–water partition coefficient (Wildman–Crippen LogP) is 0.858. The standard InChI is InChI=1S/C10H14BrNO5S3/c11-10-9(4-8(5-13)18-10)20(16,17)12-7-2-1-3-19(14,15)6-7/h4,7,12-13H,1-3,5-6H2. The molecular formula is C10H14BrNO5S3. The molecule has 0 aromatic carbocycles. The zero-order valence-electron chi connectivity index (χ0n) is 10.4. The van der Waals surface area contributed by atoms with Gasteiger partial charge in [0.1, 0.15) is 4.90 Å². The lowest BCUT2D eigenvalue weighted by atomic mass is 10.2. The van der Waals surface area contributed by atoms with E-state index < -0.39 is 25.9 Å². The number of aliphatic hydroxyl groups is 1. The summed E-state index contributed by atoms with van der Waals surface area (Å²) in [5, 5.41) is 9.03. The van der Waals surface area contributed by atoms with E-state index in [2.05, 4.69) is 20.7 Å². The first-order valence-electron chi connectivity index (χ1n) is 5.85. The molecule has 2 N–H and O–H groups in total. The van der Waals surface area contributed by atoms with Crippen molar-refractivity contribution in [3.63, 3.8) is 0 Å². The summed E-state index contributed by atoms with van der Waals surface area (Å²) in [6, 6.07) is 0.789. The highest BCUT2D eigenvalue weighted by Gasteiger charge is 2.30. The Bertz CT molecular complexity index is 694. The molecule has 6 nitrogen and oxygen atoms in total. The van der Waals surface area contributed by atoms with Crippen LogP contribution in [0.1, 0.15) is 17.7 Å². The van der Waals surface area contributed by atoms with Gasteiger partial charge in [0.15, 0.2) is 9.84 Å². The minimum Gasteiger partial charge on any atom is -0.391 e. The zero-order valence-corrected chi connectivity index (χ0v) is 14.4. The van der Waals surface area contributed by atoms with E-state index in [-0.39, 0.29) is 23.0 Å². The maximum absolute atomic E-state index is 12.3. The Morgan fingerprint density at radius 1 is 1.50 bits per heavy atom. The van der Waals surface area contributed by atoms with Crippen LogP contribution in [0.15, 0.2) is 14.7 Å². The van der Waals surface area contributed by atoms with Gasteiger partial charge >= 0.3 is 0 Å². The van der Waals surface area contributed by atoms with Gasteiger partial charge in [-0.1, -0.05) is 0 Å². The van der Waals surface area contributed by atoms with Gasteiger partial charge in [0.25, 0.3) is 0 Å². The van der Waals surface area contributed by atoms with Crippen molar-refractivity contribution in [2.75, 3.05) is 11.5 Å². The van der Waals surface area contributed by atoms with Crippen molar-refractivity contribution in [3.8, 4) is 0 Å². The van der Waals surface area contributed by atoms with Crippen molar-refractivity contribution >= 4 is 47.1 Å². The fraction of sp³-hybridized carbons (Fsp3) is 0.600. The van der Waals surface area contributed by atoms with Crippen molar-refractivity contribution in [2.24, 2.45) is 0 Å². The molecule has 10 heteroatoms. The molecule has 1 unspecified atom stereocenters. The first-order valence-corrected chi connectivity index (χ1v) is 10.8. The average Bonchev–Trinajstić information content (AvgIpc) is 2.69. The number of sulfonamides is 1. The molecule has 0 aliphatic carbocycles. The number of rotatable bonds is 4. The summed E-state index contributed by atoms with van der Waals surface area (Å²) in [6.45, 7) is -0.239. The van der Waals surface area contributed by atoms with E-state index in [1.807, 2.05) is 0 Å². The number of sulfone groups is 1. The summed E-state index contributed by atoms with van der Waals surface area (Å²) in [7, 11) is -6.96. The van der Waals surface area contributed by atoms with Gasteiger partial charge in [0, 0.05) is 10.9 Å². The highest BCUT2D eigenvalue weighted by atomic mass is 79.9. The third-order valence-electron chi connectivity index (χ3n) is 2.94. The highest BCUT2D eigenvalue weighted by molar-refractivity contribution is 9.11. The van der Waals surface area contributed by atoms with Gasteiger partial charge in [0.2, 0.25) is 10.0 Å². The Hall–Kier alpha value is -0.000000000000000222. The van der Waals surface area contributed by atoms with Gasteiger partial charge in [-0.3, -0.25) is 0 Å². The smallest absolute Gasteiger partial charge is 0.242 e. The average molecular weight is 404 g/mol. The van der Waals surface area contributed by atoms with Crippen LogP contribution in [-0.2, 0) is 26.5 Å². The van der Waals surface area contributed by atoms with E-state index in [0.29, 0.717) is 21.5 Å². The SMILES string of the molecule is O=S1(=O)CCCC(NS(=O)(=O)c2cc(CO)sc2Br)C1. The molecule has 0 amide bonds. The lowest BCUT2D eigenvalue weighted by Crippen LogP contribution is -2.43. The molecule has 1 aromatic heterocycles. The van der Waals surface area contributed by atoms with Crippen LogP contribution in [0.5, 0.6) is 0 Å². The van der Waals surface area contributed by atoms with Crippen LogP contribution >= 0.6 is 27.3 Å². The minimum absolute atomic E-state index is 0.0366. The Morgan fingerprint density at radius 3 is 2.75 bits per heavy atom. The van der Waals surface area contributed by atoms with Crippen molar-refractivity contribution in [3.05, 3.63) is 14.7 Å². The first-order chi connectivity index (χ1) is 9.23. The van der Waals surface area contributed by atoms with Crippen LogP contribution in [0.3, 0.4) is 0 Å². The summed E-state index contributed by atoms with van der Waals surface area (Å²) in [4.78, 5) is 0.558. The summed E-state index contributed by atoms with van der Waals surface area (Å²) < 4.78 is 50.4. The minimum atomic E-state index is -3.79. The summed E-state index contributed by atoms with van der Waals surface area (Å²) in [5.41, 5.74) is 0. The van der Waals surface area contributed by atoms with Crippen molar-refractivity contribution in [1.82, 2.24) is 4.72 Å². The molecule has 0 radical (unpaired) electrons. The van der Waals surface area contributed by atoms with Crippen LogP contribution in [0.2, 0.25) is 0 Å². The van der Waals surface area contributed by atoms with Crippen LogP contribution in [0.25, 0.3) is 0 Å². The molecule has 20 heavy (non-hydrogen) atoms. The lowest BCUT2D eigenvalue weighted by molar-refractivity contribution is 0.285. The molecule has 1 saturated heterocycles. The van der Waals surface area contributed by atoms with E-state index in [1.165, 1.54) is 6.07 Å². The third-order valence-corrected chi connectivity index (χ3v) is 8.51. The normalized spacial score (nSPS) is 22.8. The monoisotopic (exact) mass is 403 g/mol. The van der Waals surface area contributed by atoms with Gasteiger partial charge in [-0.2, -0.15) is 0 Å². The van der Waals surface area contributed by atoms with Gasteiger partial charge in [-0.05, 0) is 34.8 Å². The fourth-order valence-electron chi connectivity index (χ4n) is 2.06. The van der Waals surface area contributed by atoms with Crippen molar-refractivity contribution in [1.29, 1.82) is 0 Å². The maximum Gasteiger partial charge on any atom is 0.242 e. The summed E-state index contributed by atoms with van der Waals surface area (Å²) in [5.74, 6) is -0.0527. The van der Waals surface area contributed by atoms with Crippen molar-refractivity contribution < 1.29 is 21.9 Å².